The van der Waals surface area contributed by atoms with E-state index in [-0.39, 0.29) is 12.4 Å². The number of thioether (sulfide) groups is 1. The fraction of sp³-hybridized carbons (Fsp3) is 0.700. The summed E-state index contributed by atoms with van der Waals surface area (Å²) in [6.45, 7) is 3.60. The summed E-state index contributed by atoms with van der Waals surface area (Å²) in [4.78, 5) is 0. The highest BCUT2D eigenvalue weighted by atomic mass is 35.5. The van der Waals surface area contributed by atoms with Crippen LogP contribution in [0.1, 0.15) is 63.9 Å². The number of hydrogen-bond donors (Lipinski definition) is 0. The average Bonchev–Trinajstić information content (AvgIpc) is 2.51. The van der Waals surface area contributed by atoms with Gasteiger partial charge in [0.1, 0.15) is 5.88 Å². The highest BCUT2D eigenvalue weighted by molar-refractivity contribution is 7.98. The van der Waals surface area contributed by atoms with Crippen molar-refractivity contribution in [1.82, 2.24) is 0 Å². The normalized spacial score (nSPS) is 11.3. The van der Waals surface area contributed by atoms with E-state index >= 15 is 0 Å². The van der Waals surface area contributed by atoms with Crippen molar-refractivity contribution in [3.8, 4) is 0 Å². The lowest BCUT2D eigenvalue weighted by molar-refractivity contribution is -0.877. The third kappa shape index (κ3) is 12.9. The first-order chi connectivity index (χ1) is 10.6. The molecule has 0 unspecified atom stereocenters. The Morgan fingerprint density at radius 1 is 0.826 bits per heavy atom. The Balaban J connectivity index is 0.00000484. The van der Waals surface area contributed by atoms with Crippen LogP contribution >= 0.6 is 11.8 Å². The van der Waals surface area contributed by atoms with Crippen LogP contribution in [0, 0.1) is 0 Å². The summed E-state index contributed by atoms with van der Waals surface area (Å²) in [7, 11) is 4.75. The number of rotatable bonds is 13. The molecule has 0 aromatic heterocycles. The van der Waals surface area contributed by atoms with Crippen LogP contribution in [0.3, 0.4) is 0 Å². The Kier molecular flexibility index (Phi) is 14.1. The minimum atomic E-state index is 0. The number of quaternary nitrogens is 1. The van der Waals surface area contributed by atoms with Gasteiger partial charge in [-0.3, -0.25) is 0 Å². The maximum absolute atomic E-state index is 2.37. The van der Waals surface area contributed by atoms with Gasteiger partial charge in [-0.25, -0.2) is 0 Å². The fourth-order valence-corrected chi connectivity index (χ4v) is 3.87. The Bertz CT molecular complexity index is 367. The monoisotopic (exact) mass is 357 g/mol. The van der Waals surface area contributed by atoms with E-state index in [0.717, 1.165) is 10.2 Å². The van der Waals surface area contributed by atoms with Crippen LogP contribution in [0.25, 0.3) is 0 Å². The zero-order chi connectivity index (χ0) is 16.1. The van der Waals surface area contributed by atoms with Crippen LogP contribution < -0.4 is 12.4 Å². The lowest BCUT2D eigenvalue weighted by Gasteiger charge is -2.29. The van der Waals surface area contributed by atoms with E-state index in [1.54, 1.807) is 0 Å². The number of unbranched alkanes of at least 4 members (excludes halogenated alkanes) is 7. The van der Waals surface area contributed by atoms with Gasteiger partial charge in [0.05, 0.1) is 20.6 Å². The van der Waals surface area contributed by atoms with Crippen molar-refractivity contribution in [3.63, 3.8) is 0 Å². The number of nitrogens with zero attached hydrogens (tertiary/aromatic N) is 1. The summed E-state index contributed by atoms with van der Waals surface area (Å²) >= 11 is 2.06. The smallest absolute Gasteiger partial charge is 0.125 e. The molecule has 1 nitrogen and oxygen atoms in total. The quantitative estimate of drug-likeness (QED) is 0.297. The molecule has 0 radical (unpaired) electrons. The second-order valence-electron chi connectivity index (χ2n) is 7.10. The van der Waals surface area contributed by atoms with Crippen LogP contribution in [0.15, 0.2) is 30.3 Å². The highest BCUT2D eigenvalue weighted by Gasteiger charge is 2.14. The van der Waals surface area contributed by atoms with Gasteiger partial charge in [-0.05, 0) is 18.4 Å². The molecule has 0 heterocycles. The van der Waals surface area contributed by atoms with Crippen LogP contribution in [0.4, 0.5) is 0 Å². The van der Waals surface area contributed by atoms with Gasteiger partial charge in [0.15, 0.2) is 0 Å². The molecule has 1 aromatic carbocycles. The maximum Gasteiger partial charge on any atom is 0.125 e. The van der Waals surface area contributed by atoms with Gasteiger partial charge in [-0.15, -0.1) is 0 Å². The number of hydrogen-bond acceptors (Lipinski definition) is 1. The SMILES string of the molecule is CCCCCCCCCC[N+](C)(C)CSCc1ccccc1.[Cl-]. The van der Waals surface area contributed by atoms with Gasteiger partial charge in [0.25, 0.3) is 0 Å². The van der Waals surface area contributed by atoms with E-state index < -0.39 is 0 Å². The molecule has 0 saturated heterocycles. The van der Waals surface area contributed by atoms with Crippen LogP contribution in [-0.2, 0) is 5.75 Å². The molecule has 134 valence electrons. The van der Waals surface area contributed by atoms with Gasteiger partial charge in [0, 0.05) is 5.75 Å². The molecule has 0 amide bonds. The highest BCUT2D eigenvalue weighted by Crippen LogP contribution is 2.17. The van der Waals surface area contributed by atoms with Crippen molar-refractivity contribution >= 4 is 11.8 Å². The largest absolute Gasteiger partial charge is 1.00 e. The Morgan fingerprint density at radius 3 is 2.00 bits per heavy atom. The zero-order valence-corrected chi connectivity index (χ0v) is 17.0. The molecular weight excluding hydrogens is 322 g/mol. The second kappa shape index (κ2) is 14.2. The molecule has 3 heteroatoms. The van der Waals surface area contributed by atoms with Gasteiger partial charge in [0.2, 0.25) is 0 Å². The first kappa shape index (κ1) is 22.8. The molecule has 0 fully saturated rings. The zero-order valence-electron chi connectivity index (χ0n) is 15.4. The molecule has 0 atom stereocenters. The van der Waals surface area contributed by atoms with E-state index in [9.17, 15) is 0 Å². The van der Waals surface area contributed by atoms with Crippen molar-refractivity contribution in [2.24, 2.45) is 0 Å². The van der Waals surface area contributed by atoms with Crippen molar-refractivity contribution in [2.45, 2.75) is 64.0 Å². The lowest BCUT2D eigenvalue weighted by Crippen LogP contribution is -3.00. The van der Waals surface area contributed by atoms with E-state index in [2.05, 4.69) is 63.1 Å². The van der Waals surface area contributed by atoms with Crippen LogP contribution in [-0.4, -0.2) is 31.0 Å². The van der Waals surface area contributed by atoms with E-state index in [0.29, 0.717) is 0 Å². The van der Waals surface area contributed by atoms with Gasteiger partial charge in [-0.1, -0.05) is 87.5 Å². The molecule has 23 heavy (non-hydrogen) atoms. The first-order valence-electron chi connectivity index (χ1n) is 9.08. The van der Waals surface area contributed by atoms with E-state index in [1.807, 2.05) is 0 Å². The summed E-state index contributed by atoms with van der Waals surface area (Å²) in [6.07, 6.45) is 11.3. The summed E-state index contributed by atoms with van der Waals surface area (Å²) in [5, 5.41) is 0. The summed E-state index contributed by atoms with van der Waals surface area (Å²) in [6, 6.07) is 10.8. The standard InChI is InChI=1S/C20H36NS.ClH/c1-4-5-6-7-8-9-10-14-17-21(2,3)19-22-18-20-15-12-11-13-16-20;/h11-13,15-16H,4-10,14,17-19H2,1-3H3;1H/q+1;/p-1. The molecule has 1 aromatic rings. The van der Waals surface area contributed by atoms with Crippen LogP contribution in [0.5, 0.6) is 0 Å². The van der Waals surface area contributed by atoms with E-state index in [4.69, 9.17) is 0 Å². The predicted molar refractivity (Wildman–Crippen MR) is 102 cm³/mol. The molecule has 0 N–H and O–H groups in total. The number of benzene rings is 1. The topological polar surface area (TPSA) is 0 Å². The fourth-order valence-electron chi connectivity index (χ4n) is 2.72. The predicted octanol–water partition coefficient (Wildman–Crippen LogP) is 3.10. The second-order valence-corrected chi connectivity index (χ2v) is 8.05. The van der Waals surface area contributed by atoms with Crippen molar-refractivity contribution in [2.75, 3.05) is 26.5 Å². The summed E-state index contributed by atoms with van der Waals surface area (Å²) in [5.74, 6) is 2.35. The Morgan fingerprint density at radius 2 is 1.39 bits per heavy atom. The number of halogens is 1. The van der Waals surface area contributed by atoms with Crippen molar-refractivity contribution in [3.05, 3.63) is 35.9 Å². The van der Waals surface area contributed by atoms with Gasteiger partial charge in [-0.2, -0.15) is 0 Å². The molecule has 0 saturated carbocycles. The van der Waals surface area contributed by atoms with Crippen LogP contribution in [0.2, 0.25) is 0 Å². The molecule has 0 spiro atoms. The molecular formula is C20H36ClNS. The molecule has 0 aliphatic rings. The Hall–Kier alpha value is -0.180. The van der Waals surface area contributed by atoms with Crippen molar-refractivity contribution in [1.29, 1.82) is 0 Å². The average molecular weight is 358 g/mol. The molecule has 1 rings (SSSR count). The molecule has 0 aliphatic heterocycles. The lowest BCUT2D eigenvalue weighted by atomic mass is 10.1. The first-order valence-corrected chi connectivity index (χ1v) is 10.2. The minimum Gasteiger partial charge on any atom is -1.00 e. The minimum absolute atomic E-state index is 0. The Labute approximate surface area is 155 Å². The summed E-state index contributed by atoms with van der Waals surface area (Å²) in [5.41, 5.74) is 1.44. The van der Waals surface area contributed by atoms with Gasteiger partial charge < -0.3 is 16.9 Å². The summed E-state index contributed by atoms with van der Waals surface area (Å²) < 4.78 is 1.15. The maximum atomic E-state index is 2.37. The van der Waals surface area contributed by atoms with E-state index in [1.165, 1.54) is 69.4 Å². The molecule has 0 aliphatic carbocycles. The van der Waals surface area contributed by atoms with Gasteiger partial charge >= 0.3 is 0 Å². The van der Waals surface area contributed by atoms with Crippen molar-refractivity contribution < 1.29 is 16.9 Å². The third-order valence-corrected chi connectivity index (χ3v) is 5.59. The third-order valence-electron chi connectivity index (χ3n) is 4.17. The molecule has 0 bridgehead atoms.